The topological polar surface area (TPSA) is 59.6 Å². The standard InChI is InChI=1S/C20H22N2O3S/c1-24-17-8-7-14(11-18(17)25-2)12-22-20(23)21-10-9-15-13-26-19-6-4-3-5-16(15)19/h3-8,11,13H,9-10,12H2,1-2H3,(H2,21,22,23). The summed E-state index contributed by atoms with van der Waals surface area (Å²) in [4.78, 5) is 12.0. The van der Waals surface area contributed by atoms with Gasteiger partial charge in [-0.15, -0.1) is 11.3 Å². The lowest BCUT2D eigenvalue weighted by atomic mass is 10.1. The van der Waals surface area contributed by atoms with Crippen LogP contribution < -0.4 is 20.1 Å². The number of thiophene rings is 1. The van der Waals surface area contributed by atoms with E-state index in [-0.39, 0.29) is 6.03 Å². The molecule has 0 unspecified atom stereocenters. The molecule has 1 heterocycles. The number of ether oxygens (including phenoxy) is 2. The first-order valence-electron chi connectivity index (χ1n) is 8.39. The van der Waals surface area contributed by atoms with Gasteiger partial charge in [-0.25, -0.2) is 4.79 Å². The van der Waals surface area contributed by atoms with Crippen LogP contribution in [0, 0.1) is 0 Å². The van der Waals surface area contributed by atoms with E-state index in [1.165, 1.54) is 15.6 Å². The first-order chi connectivity index (χ1) is 12.7. The average molecular weight is 370 g/mol. The first-order valence-corrected chi connectivity index (χ1v) is 9.27. The zero-order chi connectivity index (χ0) is 18.4. The number of hydrogen-bond donors (Lipinski definition) is 2. The van der Waals surface area contributed by atoms with E-state index in [4.69, 9.17) is 9.47 Å². The van der Waals surface area contributed by atoms with Crippen molar-refractivity contribution in [2.24, 2.45) is 0 Å². The first kappa shape index (κ1) is 18.1. The highest BCUT2D eigenvalue weighted by Crippen LogP contribution is 2.27. The molecule has 2 N–H and O–H groups in total. The fourth-order valence-electron chi connectivity index (χ4n) is 2.77. The molecule has 2 amide bonds. The van der Waals surface area contributed by atoms with Crippen molar-refractivity contribution in [1.29, 1.82) is 0 Å². The predicted octanol–water partition coefficient (Wildman–Crippen LogP) is 3.96. The molecule has 0 aliphatic heterocycles. The molecule has 0 radical (unpaired) electrons. The van der Waals surface area contributed by atoms with Crippen molar-refractivity contribution in [3.05, 3.63) is 59.0 Å². The van der Waals surface area contributed by atoms with Crippen LogP contribution in [0.3, 0.4) is 0 Å². The van der Waals surface area contributed by atoms with Gasteiger partial charge in [-0.3, -0.25) is 0 Å². The lowest BCUT2D eigenvalue weighted by Gasteiger charge is -2.11. The number of benzene rings is 2. The fraction of sp³-hybridized carbons (Fsp3) is 0.250. The van der Waals surface area contributed by atoms with Crippen molar-refractivity contribution in [2.75, 3.05) is 20.8 Å². The molecule has 0 aliphatic rings. The fourth-order valence-corrected chi connectivity index (χ4v) is 3.77. The molecule has 3 aromatic rings. The monoisotopic (exact) mass is 370 g/mol. The van der Waals surface area contributed by atoms with Gasteiger partial charge in [0.1, 0.15) is 0 Å². The van der Waals surface area contributed by atoms with Crippen molar-refractivity contribution in [3.63, 3.8) is 0 Å². The minimum absolute atomic E-state index is 0.181. The SMILES string of the molecule is COc1ccc(CNC(=O)NCCc2csc3ccccc23)cc1OC. The highest BCUT2D eigenvalue weighted by molar-refractivity contribution is 7.17. The summed E-state index contributed by atoms with van der Waals surface area (Å²) in [5.41, 5.74) is 2.22. The van der Waals surface area contributed by atoms with E-state index >= 15 is 0 Å². The van der Waals surface area contributed by atoms with Crippen molar-refractivity contribution < 1.29 is 14.3 Å². The molecule has 0 saturated heterocycles. The van der Waals surface area contributed by atoms with Gasteiger partial charge >= 0.3 is 6.03 Å². The third-order valence-corrected chi connectivity index (χ3v) is 5.15. The maximum absolute atomic E-state index is 12.0. The number of methoxy groups -OCH3 is 2. The largest absolute Gasteiger partial charge is 0.493 e. The lowest BCUT2D eigenvalue weighted by Crippen LogP contribution is -2.36. The van der Waals surface area contributed by atoms with Crippen molar-refractivity contribution in [2.45, 2.75) is 13.0 Å². The second kappa shape index (κ2) is 8.58. The van der Waals surface area contributed by atoms with Crippen LogP contribution in [-0.2, 0) is 13.0 Å². The van der Waals surface area contributed by atoms with Gasteiger partial charge in [0, 0.05) is 17.8 Å². The molecule has 0 fully saturated rings. The Kier molecular flexibility index (Phi) is 5.96. The van der Waals surface area contributed by atoms with Crippen LogP contribution in [0.1, 0.15) is 11.1 Å². The van der Waals surface area contributed by atoms with E-state index in [1.54, 1.807) is 25.6 Å². The van der Waals surface area contributed by atoms with Crippen molar-refractivity contribution >= 4 is 27.5 Å². The molecule has 0 aliphatic carbocycles. The summed E-state index contributed by atoms with van der Waals surface area (Å²) in [7, 11) is 3.19. The number of nitrogens with one attached hydrogen (secondary N) is 2. The number of urea groups is 1. The van der Waals surface area contributed by atoms with E-state index < -0.39 is 0 Å². The summed E-state index contributed by atoms with van der Waals surface area (Å²) in [5, 5.41) is 9.20. The summed E-state index contributed by atoms with van der Waals surface area (Å²) >= 11 is 1.74. The Morgan fingerprint density at radius 1 is 1.04 bits per heavy atom. The summed E-state index contributed by atoms with van der Waals surface area (Å²) in [6, 6.07) is 13.7. The zero-order valence-electron chi connectivity index (χ0n) is 14.9. The van der Waals surface area contributed by atoms with Gasteiger partial charge < -0.3 is 20.1 Å². The molecule has 0 saturated carbocycles. The number of hydrogen-bond acceptors (Lipinski definition) is 4. The Morgan fingerprint density at radius 3 is 2.65 bits per heavy atom. The predicted molar refractivity (Wildman–Crippen MR) is 105 cm³/mol. The van der Waals surface area contributed by atoms with E-state index in [2.05, 4.69) is 28.1 Å². The van der Waals surface area contributed by atoms with E-state index in [9.17, 15) is 4.79 Å². The highest BCUT2D eigenvalue weighted by atomic mass is 32.1. The van der Waals surface area contributed by atoms with Gasteiger partial charge in [-0.2, -0.15) is 0 Å². The molecule has 0 atom stereocenters. The van der Waals surface area contributed by atoms with Gasteiger partial charge in [0.05, 0.1) is 14.2 Å². The van der Waals surface area contributed by atoms with Gasteiger partial charge in [-0.1, -0.05) is 24.3 Å². The van der Waals surface area contributed by atoms with E-state index in [0.717, 1.165) is 12.0 Å². The Hall–Kier alpha value is -2.73. The van der Waals surface area contributed by atoms with Crippen molar-refractivity contribution in [3.8, 4) is 11.5 Å². The van der Waals surface area contributed by atoms with E-state index in [1.807, 2.05) is 30.3 Å². The number of rotatable bonds is 7. The molecule has 0 spiro atoms. The maximum atomic E-state index is 12.0. The minimum Gasteiger partial charge on any atom is -0.493 e. The van der Waals surface area contributed by atoms with Crippen LogP contribution in [0.5, 0.6) is 11.5 Å². The molecule has 26 heavy (non-hydrogen) atoms. The van der Waals surface area contributed by atoms with Gasteiger partial charge in [0.25, 0.3) is 0 Å². The third-order valence-electron chi connectivity index (χ3n) is 4.14. The molecule has 6 heteroatoms. The Morgan fingerprint density at radius 2 is 1.85 bits per heavy atom. The Bertz CT molecular complexity index is 892. The number of amides is 2. The van der Waals surface area contributed by atoms with Crippen LogP contribution >= 0.6 is 11.3 Å². The molecule has 1 aromatic heterocycles. The lowest BCUT2D eigenvalue weighted by molar-refractivity contribution is 0.240. The second-order valence-corrected chi connectivity index (χ2v) is 6.72. The molecule has 0 bridgehead atoms. The van der Waals surface area contributed by atoms with Crippen LogP contribution in [0.25, 0.3) is 10.1 Å². The molecular weight excluding hydrogens is 348 g/mol. The van der Waals surface area contributed by atoms with Crippen LogP contribution in [-0.4, -0.2) is 26.8 Å². The van der Waals surface area contributed by atoms with Crippen LogP contribution in [0.2, 0.25) is 0 Å². The average Bonchev–Trinajstić information content (AvgIpc) is 3.09. The van der Waals surface area contributed by atoms with Gasteiger partial charge in [0.15, 0.2) is 11.5 Å². The summed E-state index contributed by atoms with van der Waals surface area (Å²) < 4.78 is 11.8. The molecule has 136 valence electrons. The summed E-state index contributed by atoms with van der Waals surface area (Å²) in [6.45, 7) is 1.02. The molecule has 5 nitrogen and oxygen atoms in total. The Labute approximate surface area is 156 Å². The Balaban J connectivity index is 1.47. The normalized spacial score (nSPS) is 10.5. The zero-order valence-corrected chi connectivity index (χ0v) is 15.7. The maximum Gasteiger partial charge on any atom is 0.315 e. The third kappa shape index (κ3) is 4.26. The number of carbonyl (C=O) groups excluding carboxylic acids is 1. The van der Waals surface area contributed by atoms with Crippen LogP contribution in [0.15, 0.2) is 47.8 Å². The number of carbonyl (C=O) groups is 1. The quantitative estimate of drug-likeness (QED) is 0.662. The summed E-state index contributed by atoms with van der Waals surface area (Å²) in [5.74, 6) is 1.32. The van der Waals surface area contributed by atoms with Gasteiger partial charge in [0.2, 0.25) is 0 Å². The van der Waals surface area contributed by atoms with Gasteiger partial charge in [-0.05, 0) is 46.5 Å². The molecule has 3 rings (SSSR count). The summed E-state index contributed by atoms with van der Waals surface area (Å²) in [6.07, 6.45) is 0.813. The second-order valence-electron chi connectivity index (χ2n) is 5.81. The minimum atomic E-state index is -0.181. The van der Waals surface area contributed by atoms with E-state index in [0.29, 0.717) is 24.6 Å². The van der Waals surface area contributed by atoms with Crippen LogP contribution in [0.4, 0.5) is 4.79 Å². The number of fused-ring (bicyclic) bond motifs is 1. The van der Waals surface area contributed by atoms with Crippen molar-refractivity contribution in [1.82, 2.24) is 10.6 Å². The highest BCUT2D eigenvalue weighted by Gasteiger charge is 2.07. The smallest absolute Gasteiger partial charge is 0.315 e. The molecular formula is C20H22N2O3S. The molecule has 2 aromatic carbocycles.